The number of allylic oxidation sites excluding steroid dienone is 1. The Morgan fingerprint density at radius 1 is 1.19 bits per heavy atom. The highest BCUT2D eigenvalue weighted by molar-refractivity contribution is 7.99. The van der Waals surface area contributed by atoms with Crippen LogP contribution in [0.15, 0.2) is 48.1 Å². The molecule has 0 saturated heterocycles. The highest BCUT2D eigenvalue weighted by atomic mass is 32.2. The third kappa shape index (κ3) is 6.61. The van der Waals surface area contributed by atoms with Crippen LogP contribution in [0.5, 0.6) is 5.75 Å². The number of benzene rings is 1. The number of nitrogens with zero attached hydrogens (tertiary/aromatic N) is 3. The Labute approximate surface area is 225 Å². The summed E-state index contributed by atoms with van der Waals surface area (Å²) in [5, 5.41) is 12.8. The van der Waals surface area contributed by atoms with E-state index in [-0.39, 0.29) is 29.8 Å². The Kier molecular flexibility index (Phi) is 9.04. The zero-order valence-corrected chi connectivity index (χ0v) is 23.0. The lowest BCUT2D eigenvalue weighted by atomic mass is 9.95. The molecular formula is C27H32N4O4S2. The van der Waals surface area contributed by atoms with E-state index in [4.69, 9.17) is 9.47 Å². The summed E-state index contributed by atoms with van der Waals surface area (Å²) in [5.74, 6) is 0.911. The number of anilines is 1. The van der Waals surface area contributed by atoms with Crippen molar-refractivity contribution in [3.05, 3.63) is 64.8 Å². The Balaban J connectivity index is 1.46. The molecule has 1 aliphatic carbocycles. The normalized spacial score (nSPS) is 13.6. The molecule has 1 atom stereocenters. The van der Waals surface area contributed by atoms with Crippen molar-refractivity contribution in [1.29, 1.82) is 0 Å². The maximum Gasteiger partial charge on any atom is 0.341 e. The molecule has 1 amide bonds. The van der Waals surface area contributed by atoms with E-state index >= 15 is 0 Å². The van der Waals surface area contributed by atoms with Gasteiger partial charge < -0.3 is 14.8 Å². The molecule has 1 aliphatic rings. The minimum absolute atomic E-state index is 0.116. The number of ether oxygens (including phenoxy) is 2. The molecule has 0 spiro atoms. The van der Waals surface area contributed by atoms with Crippen molar-refractivity contribution in [3.63, 3.8) is 0 Å². The van der Waals surface area contributed by atoms with Crippen LogP contribution in [0, 0.1) is 0 Å². The quantitative estimate of drug-likeness (QED) is 0.185. The molecule has 2 aromatic heterocycles. The van der Waals surface area contributed by atoms with Crippen molar-refractivity contribution < 1.29 is 19.1 Å². The van der Waals surface area contributed by atoms with Crippen LogP contribution in [-0.4, -0.2) is 38.5 Å². The van der Waals surface area contributed by atoms with Crippen LogP contribution in [0.25, 0.3) is 0 Å². The predicted molar refractivity (Wildman–Crippen MR) is 147 cm³/mol. The lowest BCUT2D eigenvalue weighted by molar-refractivity contribution is -0.113. The second-order valence-corrected chi connectivity index (χ2v) is 11.1. The maximum absolute atomic E-state index is 13.0. The van der Waals surface area contributed by atoms with Gasteiger partial charge in [0.2, 0.25) is 5.91 Å². The highest BCUT2D eigenvalue weighted by Crippen LogP contribution is 2.39. The predicted octanol–water partition coefficient (Wildman–Crippen LogP) is 5.84. The van der Waals surface area contributed by atoms with Crippen molar-refractivity contribution in [2.45, 2.75) is 70.4 Å². The maximum atomic E-state index is 13.0. The summed E-state index contributed by atoms with van der Waals surface area (Å²) in [5.41, 5.74) is 1.53. The van der Waals surface area contributed by atoms with Crippen LogP contribution in [0.3, 0.4) is 0 Å². The second kappa shape index (κ2) is 12.4. The summed E-state index contributed by atoms with van der Waals surface area (Å²) >= 11 is 2.76. The second-order valence-electron chi connectivity index (χ2n) is 9.02. The van der Waals surface area contributed by atoms with Crippen molar-refractivity contribution in [2.24, 2.45) is 0 Å². The number of para-hydroxylation sites is 1. The molecule has 0 radical (unpaired) electrons. The van der Waals surface area contributed by atoms with Crippen LogP contribution in [-0.2, 0) is 28.9 Å². The molecule has 0 aliphatic heterocycles. The fourth-order valence-corrected chi connectivity index (χ4v) is 6.25. The third-order valence-electron chi connectivity index (χ3n) is 5.78. The monoisotopic (exact) mass is 540 g/mol. The van der Waals surface area contributed by atoms with Gasteiger partial charge >= 0.3 is 5.97 Å². The van der Waals surface area contributed by atoms with Crippen LogP contribution in [0.2, 0.25) is 0 Å². The molecule has 2 heterocycles. The first-order valence-electron chi connectivity index (χ1n) is 12.4. The van der Waals surface area contributed by atoms with Gasteiger partial charge in [-0.2, -0.15) is 0 Å². The zero-order chi connectivity index (χ0) is 26.4. The number of carbonyl (C=O) groups is 2. The van der Waals surface area contributed by atoms with E-state index < -0.39 is 0 Å². The summed E-state index contributed by atoms with van der Waals surface area (Å²) in [6.45, 7) is 9.89. The minimum atomic E-state index is -0.375. The largest absolute Gasteiger partial charge is 0.483 e. The Morgan fingerprint density at radius 2 is 1.95 bits per heavy atom. The number of aromatic nitrogens is 3. The van der Waals surface area contributed by atoms with Gasteiger partial charge in [0, 0.05) is 11.4 Å². The van der Waals surface area contributed by atoms with E-state index in [1.807, 2.05) is 55.7 Å². The fourth-order valence-electron chi connectivity index (χ4n) is 4.20. The zero-order valence-electron chi connectivity index (χ0n) is 21.4. The van der Waals surface area contributed by atoms with Gasteiger partial charge in [-0.1, -0.05) is 36.0 Å². The average Bonchev–Trinajstić information content (AvgIpc) is 3.44. The number of nitrogens with one attached hydrogen (secondary N) is 1. The molecule has 1 aromatic carbocycles. The van der Waals surface area contributed by atoms with Gasteiger partial charge in [0.05, 0.1) is 17.4 Å². The van der Waals surface area contributed by atoms with Crippen molar-refractivity contribution in [1.82, 2.24) is 14.8 Å². The standard InChI is InChI=1S/C27H32N4O4S2/c1-5-15-31-24(18(4)35-19-11-7-6-8-12-19)29-30-27(31)36-16-22(32)28-25-23(26(33)34-17(2)3)20-13-9-10-14-21(20)37-25/h5-8,11-12,17-18H,1,9-10,13-16H2,2-4H3,(H,28,32). The van der Waals surface area contributed by atoms with Gasteiger partial charge in [-0.3, -0.25) is 9.36 Å². The van der Waals surface area contributed by atoms with Crippen molar-refractivity contribution >= 4 is 40.0 Å². The molecule has 196 valence electrons. The number of fused-ring (bicyclic) bond motifs is 1. The molecule has 1 unspecified atom stereocenters. The average molecular weight is 541 g/mol. The lowest BCUT2D eigenvalue weighted by Crippen LogP contribution is -2.19. The van der Waals surface area contributed by atoms with E-state index in [1.165, 1.54) is 23.1 Å². The first-order chi connectivity index (χ1) is 17.9. The smallest absolute Gasteiger partial charge is 0.341 e. The molecule has 0 bridgehead atoms. The van der Waals surface area contributed by atoms with Gasteiger partial charge in [-0.15, -0.1) is 28.1 Å². The first kappa shape index (κ1) is 26.9. The third-order valence-corrected chi connectivity index (χ3v) is 7.95. The number of thioether (sulfide) groups is 1. The number of hydrogen-bond donors (Lipinski definition) is 1. The van der Waals surface area contributed by atoms with E-state index in [0.717, 1.165) is 41.9 Å². The minimum Gasteiger partial charge on any atom is -0.483 e. The Morgan fingerprint density at radius 3 is 2.68 bits per heavy atom. The number of carbonyl (C=O) groups excluding carboxylic acids is 2. The number of rotatable bonds is 11. The van der Waals surface area contributed by atoms with Gasteiger partial charge in [0.25, 0.3) is 0 Å². The van der Waals surface area contributed by atoms with E-state index in [1.54, 1.807) is 6.08 Å². The summed E-state index contributed by atoms with van der Waals surface area (Å²) in [6, 6.07) is 9.53. The van der Waals surface area contributed by atoms with Crippen LogP contribution >= 0.6 is 23.1 Å². The molecule has 4 rings (SSSR count). The Hall–Kier alpha value is -3.11. The molecule has 37 heavy (non-hydrogen) atoms. The van der Waals surface area contributed by atoms with E-state index in [0.29, 0.717) is 28.1 Å². The summed E-state index contributed by atoms with van der Waals surface area (Å²) in [7, 11) is 0. The number of aryl methyl sites for hydroxylation is 1. The highest BCUT2D eigenvalue weighted by Gasteiger charge is 2.28. The SMILES string of the molecule is C=CCn1c(SCC(=O)Nc2sc3c(c2C(=O)OC(C)C)CCCC3)nnc1C(C)Oc1ccccc1. The van der Waals surface area contributed by atoms with E-state index in [9.17, 15) is 9.59 Å². The van der Waals surface area contributed by atoms with Gasteiger partial charge in [0.1, 0.15) is 10.8 Å². The summed E-state index contributed by atoms with van der Waals surface area (Å²) in [4.78, 5) is 27.0. The van der Waals surface area contributed by atoms with Crippen LogP contribution in [0.4, 0.5) is 5.00 Å². The molecule has 0 saturated carbocycles. The molecule has 3 aromatic rings. The van der Waals surface area contributed by atoms with Crippen LogP contribution in [0.1, 0.15) is 66.3 Å². The molecule has 10 heteroatoms. The van der Waals surface area contributed by atoms with Gasteiger partial charge in [0.15, 0.2) is 17.1 Å². The lowest BCUT2D eigenvalue weighted by Gasteiger charge is -2.15. The molecule has 0 fully saturated rings. The number of thiophene rings is 1. The number of hydrogen-bond acceptors (Lipinski definition) is 8. The van der Waals surface area contributed by atoms with Crippen molar-refractivity contribution in [2.75, 3.05) is 11.1 Å². The first-order valence-corrected chi connectivity index (χ1v) is 14.2. The number of amides is 1. The summed E-state index contributed by atoms with van der Waals surface area (Å²) < 4.78 is 13.4. The van der Waals surface area contributed by atoms with Crippen molar-refractivity contribution in [3.8, 4) is 5.75 Å². The van der Waals surface area contributed by atoms with Gasteiger partial charge in [-0.25, -0.2) is 4.79 Å². The van der Waals surface area contributed by atoms with E-state index in [2.05, 4.69) is 22.1 Å². The molecule has 1 N–H and O–H groups in total. The molecular weight excluding hydrogens is 508 g/mol. The molecule has 8 nitrogen and oxygen atoms in total. The summed E-state index contributed by atoms with van der Waals surface area (Å²) in [6.07, 6.45) is 5.05. The Bertz CT molecular complexity index is 1250. The van der Waals surface area contributed by atoms with Crippen LogP contribution < -0.4 is 10.1 Å². The fraction of sp³-hybridized carbons (Fsp3) is 0.407. The van der Waals surface area contributed by atoms with Gasteiger partial charge in [-0.05, 0) is 64.2 Å². The topological polar surface area (TPSA) is 95.3 Å². The number of esters is 1.